The fraction of sp³-hybridized carbons (Fsp3) is 0.118. The number of benzene rings is 2. The first kappa shape index (κ1) is 13.3. The van der Waals surface area contributed by atoms with Gasteiger partial charge in [0, 0.05) is 16.1 Å². The van der Waals surface area contributed by atoms with Crippen LogP contribution in [0.25, 0.3) is 10.9 Å². The number of aromatic nitrogens is 1. The second-order valence-corrected chi connectivity index (χ2v) is 5.85. The van der Waals surface area contributed by atoms with E-state index in [4.69, 9.17) is 5.73 Å². The summed E-state index contributed by atoms with van der Waals surface area (Å²) in [6.45, 7) is 2.09. The molecule has 0 bridgehead atoms. The summed E-state index contributed by atoms with van der Waals surface area (Å²) in [7, 11) is 0. The minimum atomic E-state index is -0.128. The Morgan fingerprint density at radius 2 is 1.95 bits per heavy atom. The van der Waals surface area contributed by atoms with Gasteiger partial charge in [0.15, 0.2) is 0 Å². The maximum atomic E-state index is 6.44. The van der Waals surface area contributed by atoms with Gasteiger partial charge in [-0.3, -0.25) is 4.98 Å². The van der Waals surface area contributed by atoms with Crippen LogP contribution in [-0.2, 0) is 0 Å². The van der Waals surface area contributed by atoms with Crippen LogP contribution in [0.1, 0.15) is 22.7 Å². The third-order valence-corrected chi connectivity index (χ3v) is 4.06. The summed E-state index contributed by atoms with van der Waals surface area (Å²) in [5.41, 5.74) is 10.9. The third kappa shape index (κ3) is 2.47. The Hall–Kier alpha value is -1.71. The lowest BCUT2D eigenvalue weighted by atomic mass is 9.95. The largest absolute Gasteiger partial charge is 0.320 e. The van der Waals surface area contributed by atoms with Crippen LogP contribution in [-0.4, -0.2) is 4.98 Å². The molecule has 3 aromatic rings. The number of nitrogens with two attached hydrogens (primary N) is 1. The van der Waals surface area contributed by atoms with Crippen molar-refractivity contribution in [3.8, 4) is 0 Å². The van der Waals surface area contributed by atoms with E-state index in [1.54, 1.807) is 6.20 Å². The number of rotatable bonds is 2. The van der Waals surface area contributed by atoms with Gasteiger partial charge in [0.05, 0.1) is 11.6 Å². The normalized spacial score (nSPS) is 12.6. The third-order valence-electron chi connectivity index (χ3n) is 3.56. The number of nitrogens with zero attached hydrogens (tertiary/aromatic N) is 1. The van der Waals surface area contributed by atoms with E-state index >= 15 is 0 Å². The van der Waals surface area contributed by atoms with Crippen molar-refractivity contribution in [2.45, 2.75) is 13.0 Å². The van der Waals surface area contributed by atoms with Crippen molar-refractivity contribution in [2.75, 3.05) is 0 Å². The van der Waals surface area contributed by atoms with Gasteiger partial charge in [-0.05, 0) is 53.9 Å². The SMILES string of the molecule is Cc1ccc(Br)cc1C(N)c1ccc2ncccc2c1. The molecule has 1 atom stereocenters. The highest BCUT2D eigenvalue weighted by Gasteiger charge is 2.12. The van der Waals surface area contributed by atoms with Crippen LogP contribution < -0.4 is 5.73 Å². The number of halogens is 1. The molecule has 2 N–H and O–H groups in total. The number of aryl methyl sites for hydroxylation is 1. The summed E-state index contributed by atoms with van der Waals surface area (Å²) in [5, 5.41) is 1.12. The molecular formula is C17H15BrN2. The Morgan fingerprint density at radius 3 is 2.80 bits per heavy atom. The number of pyridine rings is 1. The van der Waals surface area contributed by atoms with Crippen LogP contribution in [0.2, 0.25) is 0 Å². The lowest BCUT2D eigenvalue weighted by Gasteiger charge is -2.16. The van der Waals surface area contributed by atoms with Crippen molar-refractivity contribution >= 4 is 26.8 Å². The maximum absolute atomic E-state index is 6.44. The van der Waals surface area contributed by atoms with E-state index < -0.39 is 0 Å². The molecule has 0 amide bonds. The van der Waals surface area contributed by atoms with Crippen molar-refractivity contribution in [1.29, 1.82) is 0 Å². The Bertz CT molecular complexity index is 768. The Labute approximate surface area is 126 Å². The van der Waals surface area contributed by atoms with Crippen LogP contribution in [0.4, 0.5) is 0 Å². The highest BCUT2D eigenvalue weighted by atomic mass is 79.9. The van der Waals surface area contributed by atoms with E-state index in [9.17, 15) is 0 Å². The molecule has 0 spiro atoms. The zero-order valence-electron chi connectivity index (χ0n) is 11.2. The monoisotopic (exact) mass is 326 g/mol. The summed E-state index contributed by atoms with van der Waals surface area (Å²) in [4.78, 5) is 4.34. The smallest absolute Gasteiger partial charge is 0.0702 e. The molecule has 2 nitrogen and oxygen atoms in total. The van der Waals surface area contributed by atoms with Gasteiger partial charge in [-0.25, -0.2) is 0 Å². The van der Waals surface area contributed by atoms with E-state index in [2.05, 4.69) is 58.2 Å². The predicted octanol–water partition coefficient (Wildman–Crippen LogP) is 4.35. The van der Waals surface area contributed by atoms with Crippen LogP contribution in [0.15, 0.2) is 59.2 Å². The van der Waals surface area contributed by atoms with Gasteiger partial charge in [0.2, 0.25) is 0 Å². The lowest BCUT2D eigenvalue weighted by Crippen LogP contribution is -2.13. The quantitative estimate of drug-likeness (QED) is 0.760. The molecule has 3 rings (SSSR count). The Balaban J connectivity index is 2.07. The minimum Gasteiger partial charge on any atom is -0.320 e. The zero-order chi connectivity index (χ0) is 14.1. The second kappa shape index (κ2) is 5.35. The molecule has 0 aliphatic rings. The molecule has 0 radical (unpaired) electrons. The molecule has 1 unspecified atom stereocenters. The average Bonchev–Trinajstić information content (AvgIpc) is 2.48. The van der Waals surface area contributed by atoms with Crippen molar-refractivity contribution in [1.82, 2.24) is 4.98 Å². The standard InChI is InChI=1S/C17H15BrN2/c1-11-4-6-14(18)10-15(11)17(19)13-5-7-16-12(9-13)3-2-8-20-16/h2-10,17H,19H2,1H3. The van der Waals surface area contributed by atoms with Crippen molar-refractivity contribution < 1.29 is 0 Å². The first-order chi connectivity index (χ1) is 9.65. The van der Waals surface area contributed by atoms with Gasteiger partial charge in [-0.15, -0.1) is 0 Å². The molecule has 0 saturated heterocycles. The van der Waals surface area contributed by atoms with Crippen LogP contribution in [0.3, 0.4) is 0 Å². The summed E-state index contributed by atoms with van der Waals surface area (Å²) >= 11 is 3.51. The molecule has 0 fully saturated rings. The van der Waals surface area contributed by atoms with Gasteiger partial charge in [-0.2, -0.15) is 0 Å². The summed E-state index contributed by atoms with van der Waals surface area (Å²) < 4.78 is 1.05. The van der Waals surface area contributed by atoms with E-state index in [-0.39, 0.29) is 6.04 Å². The molecule has 0 saturated carbocycles. The fourth-order valence-corrected chi connectivity index (χ4v) is 2.79. The van der Waals surface area contributed by atoms with Crippen LogP contribution in [0.5, 0.6) is 0 Å². The Kier molecular flexibility index (Phi) is 3.55. The van der Waals surface area contributed by atoms with Gasteiger partial charge < -0.3 is 5.73 Å². The maximum Gasteiger partial charge on any atom is 0.0702 e. The topological polar surface area (TPSA) is 38.9 Å². The molecule has 1 heterocycles. The predicted molar refractivity (Wildman–Crippen MR) is 86.7 cm³/mol. The minimum absolute atomic E-state index is 0.128. The van der Waals surface area contributed by atoms with Gasteiger partial charge in [-0.1, -0.05) is 34.1 Å². The van der Waals surface area contributed by atoms with Crippen molar-refractivity contribution in [3.05, 3.63) is 75.9 Å². The van der Waals surface area contributed by atoms with Crippen molar-refractivity contribution in [3.63, 3.8) is 0 Å². The molecular weight excluding hydrogens is 312 g/mol. The van der Waals surface area contributed by atoms with Gasteiger partial charge >= 0.3 is 0 Å². The lowest BCUT2D eigenvalue weighted by molar-refractivity contribution is 0.862. The van der Waals surface area contributed by atoms with E-state index in [0.29, 0.717) is 0 Å². The van der Waals surface area contributed by atoms with Crippen LogP contribution in [0, 0.1) is 6.92 Å². The molecule has 1 aromatic heterocycles. The highest BCUT2D eigenvalue weighted by molar-refractivity contribution is 9.10. The number of hydrogen-bond acceptors (Lipinski definition) is 2. The molecule has 3 heteroatoms. The number of fused-ring (bicyclic) bond motifs is 1. The Morgan fingerprint density at radius 1 is 1.10 bits per heavy atom. The summed E-state index contributed by atoms with van der Waals surface area (Å²) in [5.74, 6) is 0. The van der Waals surface area contributed by atoms with E-state index in [1.165, 1.54) is 5.56 Å². The second-order valence-electron chi connectivity index (χ2n) is 4.93. The van der Waals surface area contributed by atoms with Crippen LogP contribution >= 0.6 is 15.9 Å². The molecule has 0 aliphatic carbocycles. The molecule has 100 valence electrons. The summed E-state index contributed by atoms with van der Waals surface area (Å²) in [6.07, 6.45) is 1.81. The highest BCUT2D eigenvalue weighted by Crippen LogP contribution is 2.27. The zero-order valence-corrected chi connectivity index (χ0v) is 12.8. The van der Waals surface area contributed by atoms with E-state index in [0.717, 1.165) is 26.5 Å². The molecule has 0 aliphatic heterocycles. The number of hydrogen-bond donors (Lipinski definition) is 1. The van der Waals surface area contributed by atoms with E-state index in [1.807, 2.05) is 18.2 Å². The summed E-state index contributed by atoms with van der Waals surface area (Å²) in [6, 6.07) is 16.3. The van der Waals surface area contributed by atoms with Crippen molar-refractivity contribution in [2.24, 2.45) is 5.73 Å². The first-order valence-electron chi connectivity index (χ1n) is 6.51. The first-order valence-corrected chi connectivity index (χ1v) is 7.31. The molecule has 20 heavy (non-hydrogen) atoms. The average molecular weight is 327 g/mol. The fourth-order valence-electron chi connectivity index (χ4n) is 2.41. The molecule has 2 aromatic carbocycles. The van der Waals surface area contributed by atoms with Gasteiger partial charge in [0.1, 0.15) is 0 Å². The van der Waals surface area contributed by atoms with Gasteiger partial charge in [0.25, 0.3) is 0 Å².